The van der Waals surface area contributed by atoms with Crippen LogP contribution in [0.4, 0.5) is 0 Å². The third kappa shape index (κ3) is 5.84. The van der Waals surface area contributed by atoms with Crippen molar-refractivity contribution in [2.24, 2.45) is 0 Å². The van der Waals surface area contributed by atoms with E-state index in [-0.39, 0.29) is 0 Å². The molecule has 0 bridgehead atoms. The van der Waals surface area contributed by atoms with Crippen molar-refractivity contribution in [2.75, 3.05) is 0 Å². The van der Waals surface area contributed by atoms with Crippen LogP contribution in [0.25, 0.3) is 116 Å². The molecule has 1 spiro atoms. The van der Waals surface area contributed by atoms with Gasteiger partial charge in [-0.3, -0.25) is 9.97 Å². The number of hydrogen-bond donors (Lipinski definition) is 0. The van der Waals surface area contributed by atoms with Crippen LogP contribution in [0, 0.1) is 0 Å². The normalized spacial score (nSPS) is 13.1. The Bertz CT molecular complexity index is 4860. The number of nitrogens with zero attached hydrogens (tertiary/aromatic N) is 5. The van der Waals surface area contributed by atoms with Gasteiger partial charge in [-0.05, 0) is 155 Å². The molecule has 0 radical (unpaired) electrons. The topological polar surface area (TPSA) is 49.8 Å². The van der Waals surface area contributed by atoms with Gasteiger partial charge in [0, 0.05) is 72.9 Å². The van der Waals surface area contributed by atoms with Crippen molar-refractivity contribution in [3.63, 3.8) is 0 Å². The molecule has 1 aliphatic heterocycles. The van der Waals surface area contributed by atoms with Crippen molar-refractivity contribution in [1.29, 1.82) is 0 Å². The highest BCUT2D eigenvalue weighted by molar-refractivity contribution is 6.12. The van der Waals surface area contributed by atoms with Crippen LogP contribution >= 0.6 is 0 Å². The SMILES string of the molecule is c1ccc(-n2c3ccccc3c3cc(-c4ccc5c(c4)C4(c6cc(-c7ccc8c(c7)c7ccccc7n8-c7ccc(-n8c9ccccc9c9ccccc98)cc7)ccc6O5)c5cccnc5-c5ncccc54)ccc32)cc1. The molecule has 2 aliphatic rings. The predicted octanol–water partition coefficient (Wildman–Crippen LogP) is 17.6. The summed E-state index contributed by atoms with van der Waals surface area (Å²) in [6.07, 6.45) is 3.77. The lowest BCUT2D eigenvalue weighted by molar-refractivity contribution is 0.436. The number of hydrogen-bond acceptors (Lipinski definition) is 3. The van der Waals surface area contributed by atoms with E-state index in [4.69, 9.17) is 14.7 Å². The van der Waals surface area contributed by atoms with E-state index in [1.807, 2.05) is 12.4 Å². The largest absolute Gasteiger partial charge is 0.457 e. The Kier molecular flexibility index (Phi) is 8.67. The molecule has 1 aliphatic carbocycles. The lowest BCUT2D eigenvalue weighted by atomic mass is 9.65. The first-order chi connectivity index (χ1) is 38.2. The van der Waals surface area contributed by atoms with Gasteiger partial charge in [0.05, 0.1) is 49.9 Å². The van der Waals surface area contributed by atoms with Gasteiger partial charge in [-0.1, -0.05) is 127 Å². The lowest BCUT2D eigenvalue weighted by Crippen LogP contribution is -2.32. The Morgan fingerprint density at radius 2 is 0.623 bits per heavy atom. The lowest BCUT2D eigenvalue weighted by Gasteiger charge is -2.39. The quantitative estimate of drug-likeness (QED) is 0.173. The maximum atomic E-state index is 7.06. The van der Waals surface area contributed by atoms with Gasteiger partial charge < -0.3 is 18.4 Å². The fourth-order valence-electron chi connectivity index (χ4n) is 13.4. The zero-order chi connectivity index (χ0) is 50.3. The minimum Gasteiger partial charge on any atom is -0.457 e. The fraction of sp³-hybridized carbons (Fsp3) is 0.0141. The van der Waals surface area contributed by atoms with Gasteiger partial charge in [0.15, 0.2) is 0 Å². The number of aromatic nitrogens is 5. The second-order valence-electron chi connectivity index (χ2n) is 20.5. The van der Waals surface area contributed by atoms with Crippen LogP contribution in [-0.2, 0) is 5.41 Å². The van der Waals surface area contributed by atoms with E-state index >= 15 is 0 Å². The van der Waals surface area contributed by atoms with E-state index in [0.29, 0.717) is 0 Å². The maximum absolute atomic E-state index is 7.06. The van der Waals surface area contributed by atoms with Crippen molar-refractivity contribution in [3.05, 3.63) is 283 Å². The van der Waals surface area contributed by atoms with E-state index in [9.17, 15) is 0 Å². The van der Waals surface area contributed by atoms with E-state index in [1.165, 1.54) is 54.4 Å². The Balaban J connectivity index is 0.818. The summed E-state index contributed by atoms with van der Waals surface area (Å²) >= 11 is 0. The first kappa shape index (κ1) is 42.1. The van der Waals surface area contributed by atoms with Crippen LogP contribution in [-0.4, -0.2) is 23.7 Å². The van der Waals surface area contributed by atoms with Crippen molar-refractivity contribution >= 4 is 65.4 Å². The van der Waals surface area contributed by atoms with Crippen LogP contribution in [0.1, 0.15) is 22.3 Å². The molecule has 10 aromatic carbocycles. The first-order valence-corrected chi connectivity index (χ1v) is 26.3. The first-order valence-electron chi connectivity index (χ1n) is 26.3. The molecule has 0 saturated heterocycles. The molecule has 77 heavy (non-hydrogen) atoms. The van der Waals surface area contributed by atoms with Gasteiger partial charge in [-0.2, -0.15) is 0 Å². The van der Waals surface area contributed by atoms with Crippen molar-refractivity contribution in [1.82, 2.24) is 23.7 Å². The highest BCUT2D eigenvalue weighted by atomic mass is 16.5. The molecule has 0 N–H and O–H groups in total. The smallest absolute Gasteiger partial charge is 0.132 e. The van der Waals surface area contributed by atoms with Crippen LogP contribution < -0.4 is 4.74 Å². The van der Waals surface area contributed by atoms with Crippen molar-refractivity contribution < 1.29 is 4.74 Å². The monoisotopic (exact) mass is 981 g/mol. The highest BCUT2D eigenvalue weighted by Gasteiger charge is 2.52. The zero-order valence-electron chi connectivity index (χ0n) is 41.5. The third-order valence-corrected chi connectivity index (χ3v) is 16.6. The zero-order valence-corrected chi connectivity index (χ0v) is 41.5. The highest BCUT2D eigenvalue weighted by Crippen LogP contribution is 2.62. The minimum absolute atomic E-state index is 0.777. The molecule has 0 atom stereocenters. The Morgan fingerprint density at radius 3 is 1.06 bits per heavy atom. The molecule has 0 unspecified atom stereocenters. The molecule has 6 heterocycles. The molecule has 6 nitrogen and oxygen atoms in total. The molecule has 15 aromatic rings. The molecule has 0 saturated carbocycles. The van der Waals surface area contributed by atoms with Gasteiger partial charge in [0.2, 0.25) is 0 Å². The van der Waals surface area contributed by atoms with Crippen LogP contribution in [0.15, 0.2) is 261 Å². The number of rotatable bonds is 5. The molecular weight excluding hydrogens is 939 g/mol. The summed E-state index contributed by atoms with van der Waals surface area (Å²) in [5, 5.41) is 7.33. The number of pyridine rings is 2. The summed E-state index contributed by atoms with van der Waals surface area (Å²) in [5.41, 5.74) is 20.2. The van der Waals surface area contributed by atoms with Gasteiger partial charge in [0.1, 0.15) is 11.5 Å². The average molecular weight is 982 g/mol. The summed E-state index contributed by atoms with van der Waals surface area (Å²) < 4.78 is 14.2. The predicted molar refractivity (Wildman–Crippen MR) is 313 cm³/mol. The minimum atomic E-state index is -0.777. The maximum Gasteiger partial charge on any atom is 0.132 e. The molecule has 6 heteroatoms. The summed E-state index contributed by atoms with van der Waals surface area (Å²) in [6.45, 7) is 0. The molecule has 0 amide bonds. The van der Waals surface area contributed by atoms with Gasteiger partial charge in [-0.25, -0.2) is 0 Å². The average Bonchev–Trinajstić information content (AvgIpc) is 4.43. The van der Waals surface area contributed by atoms with E-state index in [0.717, 1.165) is 95.5 Å². The number of ether oxygens (including phenoxy) is 1. The number of fused-ring (bicyclic) bond motifs is 18. The van der Waals surface area contributed by atoms with Crippen molar-refractivity contribution in [3.8, 4) is 62.2 Å². The molecular formula is C71H43N5O. The standard InChI is InChI=1S/C71H43N5O/c1-2-14-48(15-3-1)74-63-24-10-6-18-53(63)55-40-44(26-34-65(55)74)46-28-36-67-59(42-46)71(57-20-12-38-72-69(57)70-58(71)21-13-39-73-70)60-43-47(29-37-68(60)77-67)45-27-35-66-56(41-45)54-19-7-11-25-64(54)76(66)50-32-30-49(31-33-50)75-61-22-8-4-16-51(61)52-17-5-9-23-62(52)75/h1-43H. The Morgan fingerprint density at radius 1 is 0.273 bits per heavy atom. The second-order valence-corrected chi connectivity index (χ2v) is 20.5. The van der Waals surface area contributed by atoms with E-state index in [2.05, 4.69) is 262 Å². The number of para-hydroxylation sites is 5. The Labute approximate surface area is 442 Å². The Hall–Kier alpha value is -10.3. The molecule has 358 valence electrons. The van der Waals surface area contributed by atoms with Gasteiger partial charge in [0.25, 0.3) is 0 Å². The summed E-state index contributed by atoms with van der Waals surface area (Å²) in [4.78, 5) is 10.1. The van der Waals surface area contributed by atoms with Crippen LogP contribution in [0.3, 0.4) is 0 Å². The summed E-state index contributed by atoms with van der Waals surface area (Å²) in [6, 6.07) is 90.4. The summed E-state index contributed by atoms with van der Waals surface area (Å²) in [7, 11) is 0. The summed E-state index contributed by atoms with van der Waals surface area (Å²) in [5.74, 6) is 1.64. The van der Waals surface area contributed by atoms with Gasteiger partial charge >= 0.3 is 0 Å². The van der Waals surface area contributed by atoms with Crippen LogP contribution in [0.5, 0.6) is 11.5 Å². The fourth-order valence-corrected chi connectivity index (χ4v) is 13.4. The second kappa shape index (κ2) is 15.9. The molecule has 0 fully saturated rings. The number of benzene rings is 10. The van der Waals surface area contributed by atoms with Crippen molar-refractivity contribution in [2.45, 2.75) is 5.41 Å². The molecule has 5 aromatic heterocycles. The van der Waals surface area contributed by atoms with Crippen LogP contribution in [0.2, 0.25) is 0 Å². The van der Waals surface area contributed by atoms with E-state index in [1.54, 1.807) is 0 Å². The van der Waals surface area contributed by atoms with E-state index < -0.39 is 5.41 Å². The van der Waals surface area contributed by atoms with Gasteiger partial charge in [-0.15, -0.1) is 0 Å². The third-order valence-electron chi connectivity index (χ3n) is 16.6. The molecule has 17 rings (SSSR count).